The minimum Gasteiger partial charge on any atom is -0.451 e. The normalized spacial score (nSPS) is 12.7. The molecule has 0 spiro atoms. The molecule has 0 aliphatic carbocycles. The predicted octanol–water partition coefficient (Wildman–Crippen LogP) is 1.17. The molecule has 1 aromatic heterocycles. The second-order valence-electron chi connectivity index (χ2n) is 4.14. The molecule has 0 aliphatic heterocycles. The molecule has 6 heteroatoms. The van der Waals surface area contributed by atoms with Crippen LogP contribution >= 0.6 is 0 Å². The molecular weight excluding hydrogens is 218 g/mol. The first kappa shape index (κ1) is 11.9. The van der Waals surface area contributed by atoms with Gasteiger partial charge in [0.2, 0.25) is 5.09 Å². The minimum absolute atomic E-state index is 0.0201. The summed E-state index contributed by atoms with van der Waals surface area (Å²) in [5, 5.41) is -0.340. The number of hydrogen-bond acceptors (Lipinski definition) is 4. The highest BCUT2D eigenvalue weighted by Gasteiger charge is 2.27. The molecule has 15 heavy (non-hydrogen) atoms. The van der Waals surface area contributed by atoms with Crippen LogP contribution < -0.4 is 4.72 Å². The second kappa shape index (κ2) is 3.79. The molecule has 0 unspecified atom stereocenters. The smallest absolute Gasteiger partial charge is 0.275 e. The summed E-state index contributed by atoms with van der Waals surface area (Å²) in [4.78, 5) is 10.5. The van der Waals surface area contributed by atoms with Crippen LogP contribution in [0.4, 0.5) is 0 Å². The molecule has 0 aromatic carbocycles. The fourth-order valence-electron chi connectivity index (χ4n) is 1.06. The SMILES string of the molecule is CC(C)(C)NS(=O)(=O)c1occc1C=O. The fourth-order valence-corrected chi connectivity index (χ4v) is 2.57. The van der Waals surface area contributed by atoms with Gasteiger partial charge in [0.05, 0.1) is 11.8 Å². The molecule has 1 aromatic rings. The van der Waals surface area contributed by atoms with E-state index in [9.17, 15) is 13.2 Å². The molecule has 0 radical (unpaired) electrons. The van der Waals surface area contributed by atoms with Crippen LogP contribution in [0.5, 0.6) is 0 Å². The standard InChI is InChI=1S/C9H13NO4S/c1-9(2,3)10-15(12,13)8-7(6-11)4-5-14-8/h4-6,10H,1-3H3. The first-order chi connectivity index (χ1) is 6.76. The lowest BCUT2D eigenvalue weighted by Crippen LogP contribution is -2.40. The molecule has 0 saturated carbocycles. The Bertz CT molecular complexity index is 453. The maximum atomic E-state index is 11.7. The van der Waals surface area contributed by atoms with E-state index in [1.807, 2.05) is 0 Å². The Hall–Kier alpha value is -1.14. The van der Waals surface area contributed by atoms with E-state index in [2.05, 4.69) is 4.72 Å². The van der Waals surface area contributed by atoms with Crippen LogP contribution in [0.15, 0.2) is 21.8 Å². The monoisotopic (exact) mass is 231 g/mol. The van der Waals surface area contributed by atoms with Crippen molar-refractivity contribution in [2.45, 2.75) is 31.4 Å². The highest BCUT2D eigenvalue weighted by atomic mass is 32.2. The van der Waals surface area contributed by atoms with Crippen molar-refractivity contribution in [1.29, 1.82) is 0 Å². The van der Waals surface area contributed by atoms with Crippen LogP contribution in [0, 0.1) is 0 Å². The molecule has 84 valence electrons. The minimum atomic E-state index is -3.77. The number of aldehydes is 1. The molecular formula is C9H13NO4S. The molecule has 5 nitrogen and oxygen atoms in total. The van der Waals surface area contributed by atoms with E-state index in [0.29, 0.717) is 6.29 Å². The molecule has 0 saturated heterocycles. The zero-order chi connectivity index (χ0) is 11.7. The number of carbonyl (C=O) groups excluding carboxylic acids is 1. The predicted molar refractivity (Wildman–Crippen MR) is 54.2 cm³/mol. The number of nitrogens with one attached hydrogen (secondary N) is 1. The summed E-state index contributed by atoms with van der Waals surface area (Å²) in [5.74, 6) is 0. The number of hydrogen-bond donors (Lipinski definition) is 1. The van der Waals surface area contributed by atoms with E-state index in [0.717, 1.165) is 0 Å². The van der Waals surface area contributed by atoms with E-state index in [-0.39, 0.29) is 10.7 Å². The van der Waals surface area contributed by atoms with Gasteiger partial charge in [0.1, 0.15) is 0 Å². The third-order valence-electron chi connectivity index (χ3n) is 1.47. The van der Waals surface area contributed by atoms with Crippen LogP contribution in [0.2, 0.25) is 0 Å². The molecule has 0 bridgehead atoms. The summed E-state index contributed by atoms with van der Waals surface area (Å²) in [6.45, 7) is 5.11. The van der Waals surface area contributed by atoms with Gasteiger partial charge >= 0.3 is 0 Å². The Labute approximate surface area is 88.5 Å². The van der Waals surface area contributed by atoms with Crippen LogP contribution in [0.1, 0.15) is 31.1 Å². The quantitative estimate of drug-likeness (QED) is 0.792. The zero-order valence-corrected chi connectivity index (χ0v) is 9.59. The molecule has 1 N–H and O–H groups in total. The van der Waals surface area contributed by atoms with E-state index in [1.165, 1.54) is 12.3 Å². The second-order valence-corrected chi connectivity index (χ2v) is 5.72. The fraction of sp³-hybridized carbons (Fsp3) is 0.444. The van der Waals surface area contributed by atoms with Gasteiger partial charge in [-0.2, -0.15) is 0 Å². The Morgan fingerprint density at radius 2 is 2.00 bits per heavy atom. The lowest BCUT2D eigenvalue weighted by atomic mass is 10.1. The lowest BCUT2D eigenvalue weighted by Gasteiger charge is -2.19. The first-order valence-corrected chi connectivity index (χ1v) is 5.81. The van der Waals surface area contributed by atoms with E-state index in [4.69, 9.17) is 4.42 Å². The van der Waals surface area contributed by atoms with E-state index >= 15 is 0 Å². The van der Waals surface area contributed by atoms with Gasteiger partial charge in [0.25, 0.3) is 10.0 Å². The van der Waals surface area contributed by atoms with Crippen molar-refractivity contribution in [2.24, 2.45) is 0 Å². The van der Waals surface area contributed by atoms with Gasteiger partial charge in [-0.05, 0) is 26.8 Å². The van der Waals surface area contributed by atoms with Gasteiger partial charge in [-0.15, -0.1) is 0 Å². The molecule has 0 aliphatic rings. The molecule has 0 fully saturated rings. The van der Waals surface area contributed by atoms with Crippen LogP contribution in [-0.4, -0.2) is 20.2 Å². The molecule has 1 heterocycles. The number of carbonyl (C=O) groups is 1. The Morgan fingerprint density at radius 3 is 2.47 bits per heavy atom. The van der Waals surface area contributed by atoms with Crippen molar-refractivity contribution >= 4 is 16.3 Å². The summed E-state index contributed by atoms with van der Waals surface area (Å²) < 4.78 is 30.6. The topological polar surface area (TPSA) is 76.4 Å². The Morgan fingerprint density at radius 1 is 1.40 bits per heavy atom. The maximum absolute atomic E-state index is 11.7. The van der Waals surface area contributed by atoms with Crippen molar-refractivity contribution in [2.75, 3.05) is 0 Å². The summed E-state index contributed by atoms with van der Waals surface area (Å²) in [5.41, 5.74) is -0.599. The highest BCUT2D eigenvalue weighted by Crippen LogP contribution is 2.17. The summed E-state index contributed by atoms with van der Waals surface area (Å²) in [7, 11) is -3.77. The zero-order valence-electron chi connectivity index (χ0n) is 8.77. The molecule has 0 atom stereocenters. The van der Waals surface area contributed by atoms with Crippen molar-refractivity contribution in [3.8, 4) is 0 Å². The van der Waals surface area contributed by atoms with Crippen molar-refractivity contribution < 1.29 is 17.6 Å². The molecule has 0 amide bonds. The first-order valence-electron chi connectivity index (χ1n) is 4.33. The van der Waals surface area contributed by atoms with Gasteiger partial charge < -0.3 is 4.42 Å². The average Bonchev–Trinajstić information content (AvgIpc) is 2.46. The Balaban J connectivity index is 3.12. The average molecular weight is 231 g/mol. The van der Waals surface area contributed by atoms with Crippen LogP contribution in [-0.2, 0) is 10.0 Å². The van der Waals surface area contributed by atoms with Crippen LogP contribution in [0.25, 0.3) is 0 Å². The maximum Gasteiger partial charge on any atom is 0.275 e. The lowest BCUT2D eigenvalue weighted by molar-refractivity contribution is 0.111. The highest BCUT2D eigenvalue weighted by molar-refractivity contribution is 7.89. The van der Waals surface area contributed by atoms with Crippen LogP contribution in [0.3, 0.4) is 0 Å². The number of rotatable bonds is 3. The van der Waals surface area contributed by atoms with Crippen molar-refractivity contribution in [1.82, 2.24) is 4.72 Å². The van der Waals surface area contributed by atoms with Gasteiger partial charge in [0, 0.05) is 5.54 Å². The van der Waals surface area contributed by atoms with E-state index in [1.54, 1.807) is 20.8 Å². The van der Waals surface area contributed by atoms with Gasteiger partial charge in [-0.3, -0.25) is 4.79 Å². The number of sulfonamides is 1. The summed E-state index contributed by atoms with van der Waals surface area (Å²) >= 11 is 0. The van der Waals surface area contributed by atoms with E-state index < -0.39 is 15.6 Å². The molecule has 1 rings (SSSR count). The van der Waals surface area contributed by atoms with Crippen molar-refractivity contribution in [3.63, 3.8) is 0 Å². The third-order valence-corrected chi connectivity index (χ3v) is 3.17. The Kier molecular flexibility index (Phi) is 3.01. The van der Waals surface area contributed by atoms with Gasteiger partial charge in [-0.25, -0.2) is 13.1 Å². The largest absolute Gasteiger partial charge is 0.451 e. The summed E-state index contributed by atoms with van der Waals surface area (Å²) in [6.07, 6.45) is 1.61. The van der Waals surface area contributed by atoms with Gasteiger partial charge in [-0.1, -0.05) is 0 Å². The number of furan rings is 1. The third kappa shape index (κ3) is 2.90. The van der Waals surface area contributed by atoms with Gasteiger partial charge in [0.15, 0.2) is 6.29 Å². The van der Waals surface area contributed by atoms with Crippen molar-refractivity contribution in [3.05, 3.63) is 17.9 Å². The summed E-state index contributed by atoms with van der Waals surface area (Å²) in [6, 6.07) is 1.31.